The summed E-state index contributed by atoms with van der Waals surface area (Å²) in [5, 5.41) is 1.17. The van der Waals surface area contributed by atoms with Crippen molar-refractivity contribution in [1.29, 1.82) is 0 Å². The van der Waals surface area contributed by atoms with E-state index in [0.29, 0.717) is 11.3 Å². The molecule has 2 heterocycles. The average molecular weight is 340 g/mol. The summed E-state index contributed by atoms with van der Waals surface area (Å²) in [4.78, 5) is 0. The Morgan fingerprint density at radius 3 is 2.84 bits per heavy atom. The molecule has 1 saturated heterocycles. The molecule has 4 nitrogen and oxygen atoms in total. The lowest BCUT2D eigenvalue weighted by Gasteiger charge is -2.64. The van der Waals surface area contributed by atoms with Crippen molar-refractivity contribution in [1.82, 2.24) is 0 Å². The molecular formula is C20H27BNO3+. The molecule has 0 radical (unpaired) electrons. The van der Waals surface area contributed by atoms with Gasteiger partial charge in [0.2, 0.25) is 0 Å². The standard InChI is InChI=1S/C20H26BNO3/c1-19(2)13-9-16(19)20(3)17(10-13)24-21(25-20)18(22)8-12-11-23-15-7-5-4-6-14(12)15/h4-7,11,13,16-18H,8-10,22H2,1-3H3/p+1/t13-,16?,17+,18-,20-/m0/s1. The lowest BCUT2D eigenvalue weighted by Crippen LogP contribution is -2.70. The van der Waals surface area contributed by atoms with Gasteiger partial charge in [0, 0.05) is 17.4 Å². The summed E-state index contributed by atoms with van der Waals surface area (Å²) in [6.45, 7) is 7.05. The zero-order valence-corrected chi connectivity index (χ0v) is 15.3. The Labute approximate surface area is 149 Å². The zero-order valence-electron chi connectivity index (χ0n) is 15.3. The van der Waals surface area contributed by atoms with E-state index in [-0.39, 0.29) is 24.8 Å². The van der Waals surface area contributed by atoms with Gasteiger partial charge < -0.3 is 19.5 Å². The fourth-order valence-electron chi connectivity index (χ4n) is 5.67. The van der Waals surface area contributed by atoms with Crippen LogP contribution < -0.4 is 5.73 Å². The van der Waals surface area contributed by atoms with E-state index in [1.54, 1.807) is 0 Å². The van der Waals surface area contributed by atoms with Crippen LogP contribution in [-0.2, 0) is 15.7 Å². The van der Waals surface area contributed by atoms with Crippen LogP contribution in [0.1, 0.15) is 39.2 Å². The molecule has 3 aliphatic carbocycles. The first kappa shape index (κ1) is 15.9. The molecule has 4 fully saturated rings. The van der Waals surface area contributed by atoms with E-state index in [1.165, 1.54) is 17.4 Å². The summed E-state index contributed by atoms with van der Waals surface area (Å²) in [5.41, 5.74) is 6.71. The first-order chi connectivity index (χ1) is 11.9. The number of para-hydroxylation sites is 1. The zero-order chi connectivity index (χ0) is 17.4. The summed E-state index contributed by atoms with van der Waals surface area (Å²) < 4.78 is 18.6. The van der Waals surface area contributed by atoms with Crippen LogP contribution >= 0.6 is 0 Å². The molecule has 2 bridgehead atoms. The van der Waals surface area contributed by atoms with Crippen LogP contribution in [-0.4, -0.2) is 24.8 Å². The van der Waals surface area contributed by atoms with E-state index in [1.807, 2.05) is 24.5 Å². The minimum atomic E-state index is -0.223. The van der Waals surface area contributed by atoms with E-state index >= 15 is 0 Å². The highest BCUT2D eigenvalue weighted by Gasteiger charge is 2.68. The third-order valence-corrected chi connectivity index (χ3v) is 7.40. The Morgan fingerprint density at radius 2 is 2.04 bits per heavy atom. The van der Waals surface area contributed by atoms with E-state index in [2.05, 4.69) is 32.6 Å². The van der Waals surface area contributed by atoms with Crippen LogP contribution in [0.2, 0.25) is 0 Å². The molecule has 132 valence electrons. The number of rotatable bonds is 3. The minimum absolute atomic E-state index is 0.0590. The number of benzene rings is 1. The molecule has 25 heavy (non-hydrogen) atoms. The third-order valence-electron chi connectivity index (χ3n) is 7.40. The second-order valence-electron chi connectivity index (χ2n) is 9.06. The Morgan fingerprint density at radius 1 is 1.24 bits per heavy atom. The summed E-state index contributed by atoms with van der Waals surface area (Å²) in [5.74, 6) is 1.43. The van der Waals surface area contributed by atoms with Gasteiger partial charge in [-0.2, -0.15) is 0 Å². The smallest absolute Gasteiger partial charge is 0.464 e. The topological polar surface area (TPSA) is 59.2 Å². The van der Waals surface area contributed by atoms with Crippen molar-refractivity contribution in [3.05, 3.63) is 36.1 Å². The van der Waals surface area contributed by atoms with E-state index in [9.17, 15) is 0 Å². The number of fused-ring (bicyclic) bond motifs is 1. The second kappa shape index (κ2) is 5.12. The molecule has 0 amide bonds. The molecule has 1 aromatic heterocycles. The summed E-state index contributed by atoms with van der Waals surface area (Å²) >= 11 is 0. The number of furan rings is 1. The van der Waals surface area contributed by atoms with Crippen LogP contribution in [0.4, 0.5) is 0 Å². The van der Waals surface area contributed by atoms with Gasteiger partial charge in [-0.15, -0.1) is 0 Å². The fourth-order valence-corrected chi connectivity index (χ4v) is 5.67. The molecule has 6 rings (SSSR count). The summed E-state index contributed by atoms with van der Waals surface area (Å²) in [6.07, 6.45) is 5.29. The van der Waals surface area contributed by atoms with Crippen molar-refractivity contribution in [2.24, 2.45) is 17.3 Å². The average Bonchev–Trinajstić information content (AvgIpc) is 3.15. The van der Waals surface area contributed by atoms with Crippen LogP contribution in [0.25, 0.3) is 11.0 Å². The Hall–Kier alpha value is -1.30. The SMILES string of the molecule is CC1(C)C2C[C@H]1C[C@H]1OB([C@@H]([NH3+])Cc3coc4ccccc34)O[C@@]21C. The van der Waals surface area contributed by atoms with Crippen LogP contribution in [0.3, 0.4) is 0 Å². The van der Waals surface area contributed by atoms with Crippen molar-refractivity contribution in [2.75, 3.05) is 0 Å². The quantitative estimate of drug-likeness (QED) is 0.874. The van der Waals surface area contributed by atoms with Crippen molar-refractivity contribution >= 4 is 18.1 Å². The maximum atomic E-state index is 6.55. The molecule has 1 aromatic carbocycles. The van der Waals surface area contributed by atoms with Gasteiger partial charge in [0.15, 0.2) is 0 Å². The molecule has 3 saturated carbocycles. The molecular weight excluding hydrogens is 313 g/mol. The summed E-state index contributed by atoms with van der Waals surface area (Å²) in [6, 6.07) is 8.16. The Balaban J connectivity index is 1.35. The van der Waals surface area contributed by atoms with Crippen LogP contribution in [0.5, 0.6) is 0 Å². The first-order valence-electron chi connectivity index (χ1n) is 9.51. The van der Waals surface area contributed by atoms with Crippen LogP contribution in [0.15, 0.2) is 34.9 Å². The van der Waals surface area contributed by atoms with Gasteiger partial charge >= 0.3 is 7.12 Å². The van der Waals surface area contributed by atoms with Gasteiger partial charge in [0.1, 0.15) is 11.5 Å². The van der Waals surface area contributed by atoms with E-state index in [0.717, 1.165) is 24.3 Å². The monoisotopic (exact) mass is 340 g/mol. The van der Waals surface area contributed by atoms with Gasteiger partial charge in [-0.25, -0.2) is 0 Å². The minimum Gasteiger partial charge on any atom is -0.464 e. The normalized spacial score (nSPS) is 37.0. The molecule has 4 aliphatic rings. The maximum absolute atomic E-state index is 6.55. The Kier molecular flexibility index (Phi) is 3.26. The highest BCUT2D eigenvalue weighted by atomic mass is 16.7. The highest BCUT2D eigenvalue weighted by Crippen LogP contribution is 2.65. The Bertz CT molecular complexity index is 818. The molecule has 3 N–H and O–H groups in total. The van der Waals surface area contributed by atoms with Gasteiger partial charge in [0.05, 0.1) is 18.0 Å². The number of hydrogen-bond acceptors (Lipinski definition) is 3. The lowest BCUT2D eigenvalue weighted by atomic mass is 9.43. The number of hydrogen-bond donors (Lipinski definition) is 1. The van der Waals surface area contributed by atoms with E-state index < -0.39 is 0 Å². The van der Waals surface area contributed by atoms with Crippen LogP contribution in [0, 0.1) is 17.3 Å². The molecule has 5 heteroatoms. The predicted octanol–water partition coefficient (Wildman–Crippen LogP) is 2.85. The van der Waals surface area contributed by atoms with Crippen molar-refractivity contribution in [3.8, 4) is 0 Å². The van der Waals surface area contributed by atoms with Gasteiger partial charge in [-0.05, 0) is 43.1 Å². The second-order valence-corrected chi connectivity index (χ2v) is 9.06. The molecule has 5 atom stereocenters. The highest BCUT2D eigenvalue weighted by molar-refractivity contribution is 6.46. The third kappa shape index (κ3) is 2.12. The largest absolute Gasteiger partial charge is 0.521 e. The maximum Gasteiger partial charge on any atom is 0.521 e. The lowest BCUT2D eigenvalue weighted by molar-refractivity contribution is -0.397. The van der Waals surface area contributed by atoms with Gasteiger partial charge in [-0.3, -0.25) is 0 Å². The fraction of sp³-hybridized carbons (Fsp3) is 0.600. The summed E-state index contributed by atoms with van der Waals surface area (Å²) in [7, 11) is -0.223. The molecule has 0 spiro atoms. The van der Waals surface area contributed by atoms with E-state index in [4.69, 9.17) is 13.7 Å². The van der Waals surface area contributed by atoms with Crippen molar-refractivity contribution in [3.63, 3.8) is 0 Å². The predicted molar refractivity (Wildman–Crippen MR) is 96.7 cm³/mol. The van der Waals surface area contributed by atoms with Gasteiger partial charge in [0.25, 0.3) is 0 Å². The number of quaternary nitrogens is 1. The van der Waals surface area contributed by atoms with Crippen molar-refractivity contribution < 1.29 is 19.5 Å². The molecule has 2 aromatic rings. The van der Waals surface area contributed by atoms with Crippen molar-refractivity contribution in [2.45, 2.75) is 57.7 Å². The first-order valence-corrected chi connectivity index (χ1v) is 9.51. The molecule has 1 unspecified atom stereocenters. The molecule has 1 aliphatic heterocycles. The van der Waals surface area contributed by atoms with Gasteiger partial charge in [-0.1, -0.05) is 32.0 Å².